The molecule has 150 valence electrons. The van der Waals surface area contributed by atoms with Crippen LogP contribution >= 0.6 is 11.3 Å². The second kappa shape index (κ2) is 7.32. The van der Waals surface area contributed by atoms with Gasteiger partial charge in [-0.1, -0.05) is 6.92 Å². The van der Waals surface area contributed by atoms with Gasteiger partial charge in [0, 0.05) is 42.7 Å². The molecule has 0 atom stereocenters. The maximum Gasteiger partial charge on any atom is 0.339 e. The number of methoxy groups -OCH3 is 1. The average molecular weight is 412 g/mol. The number of nitrogens with zero attached hydrogens (tertiary/aromatic N) is 3. The number of aryl methyl sites for hydroxylation is 1. The zero-order valence-corrected chi connectivity index (χ0v) is 17.1. The first-order valence-corrected chi connectivity index (χ1v) is 10.0. The normalized spacial score (nSPS) is 11.4. The van der Waals surface area contributed by atoms with Crippen molar-refractivity contribution in [1.82, 2.24) is 19.1 Å². The predicted molar refractivity (Wildman–Crippen MR) is 112 cm³/mol. The summed E-state index contributed by atoms with van der Waals surface area (Å²) in [6.07, 6.45) is 4.69. The highest BCUT2D eigenvalue weighted by molar-refractivity contribution is 7.19. The molecular formula is C20H20N4O4S. The largest absolute Gasteiger partial charge is 0.465 e. The highest BCUT2D eigenvalue weighted by atomic mass is 32.1. The number of fused-ring (bicyclic) bond motifs is 2. The molecule has 29 heavy (non-hydrogen) atoms. The van der Waals surface area contributed by atoms with Gasteiger partial charge in [-0.05, 0) is 24.1 Å². The van der Waals surface area contributed by atoms with Crippen molar-refractivity contribution in [2.75, 3.05) is 7.11 Å². The van der Waals surface area contributed by atoms with E-state index in [1.165, 1.54) is 25.5 Å². The molecule has 0 aromatic carbocycles. The van der Waals surface area contributed by atoms with Gasteiger partial charge in [0.25, 0.3) is 5.56 Å². The van der Waals surface area contributed by atoms with E-state index in [9.17, 15) is 14.4 Å². The molecule has 1 N–H and O–H groups in total. The summed E-state index contributed by atoms with van der Waals surface area (Å²) in [5, 5.41) is 1.19. The van der Waals surface area contributed by atoms with Crippen molar-refractivity contribution in [3.8, 4) is 0 Å². The fourth-order valence-electron chi connectivity index (χ4n) is 3.57. The molecule has 4 aromatic rings. The quantitative estimate of drug-likeness (QED) is 0.508. The monoisotopic (exact) mass is 412 g/mol. The number of rotatable bonds is 5. The zero-order chi connectivity index (χ0) is 20.7. The molecule has 0 saturated carbocycles. The highest BCUT2D eigenvalue weighted by Crippen LogP contribution is 2.32. The van der Waals surface area contributed by atoms with E-state index in [4.69, 9.17) is 4.74 Å². The van der Waals surface area contributed by atoms with Crippen LogP contribution in [0.5, 0.6) is 0 Å². The number of esters is 1. The number of hydrogen-bond acceptors (Lipinski definition) is 6. The molecule has 0 aliphatic carbocycles. The smallest absolute Gasteiger partial charge is 0.339 e. The Morgan fingerprint density at radius 3 is 2.86 bits per heavy atom. The van der Waals surface area contributed by atoms with E-state index < -0.39 is 11.5 Å². The van der Waals surface area contributed by atoms with Crippen LogP contribution in [0, 0.1) is 0 Å². The topological polar surface area (TPSA) is 99.0 Å². The number of pyridine rings is 1. The van der Waals surface area contributed by atoms with Crippen molar-refractivity contribution < 1.29 is 9.53 Å². The molecule has 9 heteroatoms. The number of carbonyl (C=O) groups excluding carboxylic acids is 1. The predicted octanol–water partition coefficient (Wildman–Crippen LogP) is 2.43. The van der Waals surface area contributed by atoms with Crippen molar-refractivity contribution in [3.63, 3.8) is 0 Å². The van der Waals surface area contributed by atoms with Crippen molar-refractivity contribution in [2.45, 2.75) is 26.3 Å². The summed E-state index contributed by atoms with van der Waals surface area (Å²) in [4.78, 5) is 46.8. The van der Waals surface area contributed by atoms with Crippen LogP contribution in [0.25, 0.3) is 21.3 Å². The molecular weight excluding hydrogens is 392 g/mol. The van der Waals surface area contributed by atoms with Crippen LogP contribution in [0.15, 0.2) is 34.1 Å². The van der Waals surface area contributed by atoms with Crippen LogP contribution in [0.2, 0.25) is 0 Å². The Morgan fingerprint density at radius 2 is 2.14 bits per heavy atom. The standard InChI is InChI=1S/C20H20N4O4S/c1-4-8-24-18-15(17(25)23(2)20(24)27)14(19(26)28-3)13(29-18)9-11-10-22-16-12(11)6-5-7-21-16/h5-7,10H,4,8-9H2,1-3H3,(H,21,22). The van der Waals surface area contributed by atoms with E-state index in [1.54, 1.807) is 10.8 Å². The Balaban J connectivity index is 2.02. The molecule has 0 unspecified atom stereocenters. The summed E-state index contributed by atoms with van der Waals surface area (Å²) >= 11 is 1.29. The van der Waals surface area contributed by atoms with E-state index in [2.05, 4.69) is 9.97 Å². The molecule has 0 aliphatic heterocycles. The van der Waals surface area contributed by atoms with Gasteiger partial charge >= 0.3 is 11.7 Å². The van der Waals surface area contributed by atoms with Crippen LogP contribution in [-0.4, -0.2) is 32.2 Å². The molecule has 0 radical (unpaired) electrons. The molecule has 4 rings (SSSR count). The minimum atomic E-state index is -0.581. The lowest BCUT2D eigenvalue weighted by Gasteiger charge is -2.08. The Kier molecular flexibility index (Phi) is 4.83. The first-order chi connectivity index (χ1) is 14.0. The minimum Gasteiger partial charge on any atom is -0.465 e. The Bertz CT molecular complexity index is 1360. The van der Waals surface area contributed by atoms with Gasteiger partial charge in [0.1, 0.15) is 10.5 Å². The Morgan fingerprint density at radius 1 is 1.34 bits per heavy atom. The number of ether oxygens (including phenoxy) is 1. The first kappa shape index (κ1) is 19.1. The number of nitrogens with one attached hydrogen (secondary N) is 1. The van der Waals surface area contributed by atoms with Crippen molar-refractivity contribution in [2.24, 2.45) is 7.05 Å². The summed E-state index contributed by atoms with van der Waals surface area (Å²) in [7, 11) is 2.72. The third-order valence-electron chi connectivity index (χ3n) is 4.97. The highest BCUT2D eigenvalue weighted by Gasteiger charge is 2.26. The van der Waals surface area contributed by atoms with E-state index in [0.29, 0.717) is 22.7 Å². The second-order valence-corrected chi connectivity index (χ2v) is 7.84. The lowest BCUT2D eigenvalue weighted by atomic mass is 10.1. The molecule has 8 nitrogen and oxygen atoms in total. The number of hydrogen-bond donors (Lipinski definition) is 1. The van der Waals surface area contributed by atoms with Gasteiger partial charge in [-0.3, -0.25) is 13.9 Å². The van der Waals surface area contributed by atoms with E-state index >= 15 is 0 Å². The molecule has 0 bridgehead atoms. The van der Waals surface area contributed by atoms with Crippen LogP contribution in [-0.2, 0) is 24.8 Å². The van der Waals surface area contributed by atoms with Crippen LogP contribution in [0.1, 0.15) is 34.1 Å². The third-order valence-corrected chi connectivity index (χ3v) is 6.18. The number of carbonyl (C=O) groups is 1. The molecule has 0 saturated heterocycles. The van der Waals surface area contributed by atoms with Crippen LogP contribution in [0.4, 0.5) is 0 Å². The van der Waals surface area contributed by atoms with Gasteiger partial charge in [-0.15, -0.1) is 11.3 Å². The Hall–Kier alpha value is -3.20. The van der Waals surface area contributed by atoms with Crippen LogP contribution < -0.4 is 11.2 Å². The van der Waals surface area contributed by atoms with Crippen molar-refractivity contribution >= 4 is 38.6 Å². The fourth-order valence-corrected chi connectivity index (χ4v) is 4.89. The maximum absolute atomic E-state index is 12.9. The van der Waals surface area contributed by atoms with Crippen molar-refractivity contribution in [3.05, 3.63) is 61.4 Å². The van der Waals surface area contributed by atoms with Gasteiger partial charge in [-0.2, -0.15) is 0 Å². The zero-order valence-electron chi connectivity index (χ0n) is 16.3. The third kappa shape index (κ3) is 2.98. The fraction of sp³-hybridized carbons (Fsp3) is 0.300. The first-order valence-electron chi connectivity index (χ1n) is 9.22. The van der Waals surface area contributed by atoms with Gasteiger partial charge in [0.15, 0.2) is 0 Å². The number of thiophene rings is 1. The molecule has 0 fully saturated rings. The average Bonchev–Trinajstić information content (AvgIpc) is 3.31. The van der Waals surface area contributed by atoms with E-state index in [-0.39, 0.29) is 16.6 Å². The van der Waals surface area contributed by atoms with Gasteiger partial charge in [-0.25, -0.2) is 14.6 Å². The summed E-state index contributed by atoms with van der Waals surface area (Å²) in [5.74, 6) is -0.581. The van der Waals surface area contributed by atoms with E-state index in [1.807, 2.05) is 25.3 Å². The maximum atomic E-state index is 12.9. The summed E-state index contributed by atoms with van der Waals surface area (Å²) in [6.45, 7) is 2.42. The van der Waals surface area contributed by atoms with Gasteiger partial charge < -0.3 is 9.72 Å². The van der Waals surface area contributed by atoms with Crippen LogP contribution in [0.3, 0.4) is 0 Å². The van der Waals surface area contributed by atoms with E-state index in [0.717, 1.165) is 27.6 Å². The SMILES string of the molecule is CCCn1c(=O)n(C)c(=O)c2c(C(=O)OC)c(Cc3c[nH]c4ncccc34)sc21. The van der Waals surface area contributed by atoms with Gasteiger partial charge in [0.2, 0.25) is 0 Å². The summed E-state index contributed by atoms with van der Waals surface area (Å²) in [6, 6.07) is 3.80. The summed E-state index contributed by atoms with van der Waals surface area (Å²) < 4.78 is 7.60. The van der Waals surface area contributed by atoms with Crippen molar-refractivity contribution in [1.29, 1.82) is 0 Å². The lowest BCUT2D eigenvalue weighted by Crippen LogP contribution is -2.38. The lowest BCUT2D eigenvalue weighted by molar-refractivity contribution is 0.0602. The Labute approximate surface area is 169 Å². The molecule has 0 spiro atoms. The minimum absolute atomic E-state index is 0.233. The molecule has 0 amide bonds. The van der Waals surface area contributed by atoms with Gasteiger partial charge in [0.05, 0.1) is 18.1 Å². The molecule has 0 aliphatic rings. The number of aromatic amines is 1. The second-order valence-electron chi connectivity index (χ2n) is 6.76. The molecule has 4 heterocycles. The number of H-pyrrole nitrogens is 1. The molecule has 4 aromatic heterocycles. The summed E-state index contributed by atoms with van der Waals surface area (Å²) in [5.41, 5.74) is 1.06. The number of aromatic nitrogens is 4.